The molecule has 0 spiro atoms. The number of urea groups is 1. The summed E-state index contributed by atoms with van der Waals surface area (Å²) < 4.78 is 24.3. The number of rotatable bonds is 7. The third-order valence-corrected chi connectivity index (χ3v) is 5.15. The fourth-order valence-corrected chi connectivity index (χ4v) is 3.75. The van der Waals surface area contributed by atoms with Gasteiger partial charge in [0.05, 0.1) is 14.2 Å². The van der Waals surface area contributed by atoms with Crippen molar-refractivity contribution in [3.63, 3.8) is 0 Å². The van der Waals surface area contributed by atoms with Gasteiger partial charge in [-0.2, -0.15) is 0 Å². The average Bonchev–Trinajstić information content (AvgIpc) is 2.69. The lowest BCUT2D eigenvalue weighted by Crippen LogP contribution is -2.42. The molecule has 0 bridgehead atoms. The number of carbonyl (C=O) groups excluding carboxylic acids is 1. The van der Waals surface area contributed by atoms with Crippen LogP contribution in [0.1, 0.15) is 22.7 Å². The van der Waals surface area contributed by atoms with Crippen LogP contribution in [-0.4, -0.2) is 44.8 Å². The number of hydrogen-bond donors (Lipinski definition) is 2. The molecule has 0 radical (unpaired) electrons. The standard InChI is InChI=1S/C21H26FN3O3/c1-27-19-12-15-7-9-25(10-8-24-21(23)26)18(17(15)13-20(19)28-2)11-14-3-5-16(22)6-4-14/h3-6,12-13,18H,7-11H2,1-2H3,(H3,23,24,26). The number of ether oxygens (including phenoxy) is 2. The lowest BCUT2D eigenvalue weighted by molar-refractivity contribution is 0.183. The van der Waals surface area contributed by atoms with E-state index in [1.165, 1.54) is 17.7 Å². The largest absolute Gasteiger partial charge is 0.493 e. The van der Waals surface area contributed by atoms with E-state index in [0.717, 1.165) is 30.5 Å². The molecule has 2 aromatic carbocycles. The topological polar surface area (TPSA) is 76.8 Å². The Labute approximate surface area is 164 Å². The lowest BCUT2D eigenvalue weighted by Gasteiger charge is -2.38. The van der Waals surface area contributed by atoms with Crippen LogP contribution < -0.4 is 20.5 Å². The van der Waals surface area contributed by atoms with E-state index in [1.54, 1.807) is 14.2 Å². The van der Waals surface area contributed by atoms with Gasteiger partial charge in [0, 0.05) is 25.7 Å². The van der Waals surface area contributed by atoms with Crippen molar-refractivity contribution in [2.24, 2.45) is 5.73 Å². The van der Waals surface area contributed by atoms with Gasteiger partial charge in [0.25, 0.3) is 0 Å². The van der Waals surface area contributed by atoms with Gasteiger partial charge in [-0.05, 0) is 53.8 Å². The first kappa shape index (κ1) is 19.9. The highest BCUT2D eigenvalue weighted by molar-refractivity contribution is 5.71. The van der Waals surface area contributed by atoms with Crippen molar-refractivity contribution in [3.8, 4) is 11.5 Å². The molecule has 150 valence electrons. The minimum absolute atomic E-state index is 0.0729. The second-order valence-corrected chi connectivity index (χ2v) is 6.83. The van der Waals surface area contributed by atoms with Crippen molar-refractivity contribution in [1.82, 2.24) is 10.2 Å². The number of nitrogens with two attached hydrogens (primary N) is 1. The molecular weight excluding hydrogens is 361 g/mol. The number of methoxy groups -OCH3 is 2. The normalized spacial score (nSPS) is 16.3. The molecular formula is C21H26FN3O3. The SMILES string of the molecule is COc1cc2c(cc1OC)C(Cc1ccc(F)cc1)N(CCNC(N)=O)CC2. The molecule has 1 unspecified atom stereocenters. The summed E-state index contributed by atoms with van der Waals surface area (Å²) in [4.78, 5) is 13.3. The van der Waals surface area contributed by atoms with Crippen LogP contribution in [0.5, 0.6) is 11.5 Å². The molecule has 0 fully saturated rings. The maximum atomic E-state index is 13.3. The molecule has 2 aromatic rings. The zero-order chi connectivity index (χ0) is 20.1. The molecule has 1 heterocycles. The van der Waals surface area contributed by atoms with Crippen molar-refractivity contribution in [2.45, 2.75) is 18.9 Å². The molecule has 1 aliphatic rings. The summed E-state index contributed by atoms with van der Waals surface area (Å²) in [5, 5.41) is 2.65. The summed E-state index contributed by atoms with van der Waals surface area (Å²) >= 11 is 0. The maximum Gasteiger partial charge on any atom is 0.312 e. The third-order valence-electron chi connectivity index (χ3n) is 5.15. The Balaban J connectivity index is 1.92. The smallest absolute Gasteiger partial charge is 0.312 e. The first-order valence-corrected chi connectivity index (χ1v) is 9.28. The van der Waals surface area contributed by atoms with E-state index >= 15 is 0 Å². The van der Waals surface area contributed by atoms with E-state index in [0.29, 0.717) is 24.6 Å². The van der Waals surface area contributed by atoms with Crippen LogP contribution in [0.3, 0.4) is 0 Å². The summed E-state index contributed by atoms with van der Waals surface area (Å²) in [6.45, 7) is 1.98. The Kier molecular flexibility index (Phi) is 6.36. The van der Waals surface area contributed by atoms with E-state index in [9.17, 15) is 9.18 Å². The number of hydrogen-bond acceptors (Lipinski definition) is 4. The van der Waals surface area contributed by atoms with E-state index in [1.807, 2.05) is 24.3 Å². The summed E-state index contributed by atoms with van der Waals surface area (Å²) in [5.41, 5.74) is 8.61. The number of halogens is 1. The van der Waals surface area contributed by atoms with Gasteiger partial charge in [-0.25, -0.2) is 9.18 Å². The zero-order valence-electron chi connectivity index (χ0n) is 16.2. The molecule has 0 aliphatic carbocycles. The molecule has 2 amide bonds. The van der Waals surface area contributed by atoms with Gasteiger partial charge >= 0.3 is 6.03 Å². The summed E-state index contributed by atoms with van der Waals surface area (Å²) in [6, 6.07) is 10.2. The van der Waals surface area contributed by atoms with Crippen LogP contribution in [0, 0.1) is 5.82 Å². The van der Waals surface area contributed by atoms with Gasteiger partial charge in [0.1, 0.15) is 5.82 Å². The second-order valence-electron chi connectivity index (χ2n) is 6.83. The number of carbonyl (C=O) groups is 1. The Morgan fingerprint density at radius 2 is 1.89 bits per heavy atom. The molecule has 1 aliphatic heterocycles. The van der Waals surface area contributed by atoms with Crippen LogP contribution in [0.25, 0.3) is 0 Å². The van der Waals surface area contributed by atoms with Crippen LogP contribution >= 0.6 is 0 Å². The van der Waals surface area contributed by atoms with Gasteiger partial charge in [-0.3, -0.25) is 4.90 Å². The Morgan fingerprint density at radius 1 is 1.21 bits per heavy atom. The van der Waals surface area contributed by atoms with E-state index in [4.69, 9.17) is 15.2 Å². The quantitative estimate of drug-likeness (QED) is 0.766. The molecule has 3 rings (SSSR count). The van der Waals surface area contributed by atoms with Crippen LogP contribution in [-0.2, 0) is 12.8 Å². The number of nitrogens with zero attached hydrogens (tertiary/aromatic N) is 1. The summed E-state index contributed by atoms with van der Waals surface area (Å²) in [5.74, 6) is 1.15. The second kappa shape index (κ2) is 8.93. The van der Waals surface area contributed by atoms with Gasteiger partial charge < -0.3 is 20.5 Å². The fourth-order valence-electron chi connectivity index (χ4n) is 3.75. The predicted molar refractivity (Wildman–Crippen MR) is 105 cm³/mol. The Bertz CT molecular complexity index is 826. The van der Waals surface area contributed by atoms with Crippen molar-refractivity contribution in [1.29, 1.82) is 0 Å². The van der Waals surface area contributed by atoms with Crippen molar-refractivity contribution in [2.75, 3.05) is 33.9 Å². The van der Waals surface area contributed by atoms with E-state index in [2.05, 4.69) is 10.2 Å². The molecule has 3 N–H and O–H groups in total. The minimum atomic E-state index is -0.529. The van der Waals surface area contributed by atoms with Gasteiger partial charge in [-0.15, -0.1) is 0 Å². The average molecular weight is 387 g/mol. The van der Waals surface area contributed by atoms with Crippen LogP contribution in [0.15, 0.2) is 36.4 Å². The van der Waals surface area contributed by atoms with E-state index < -0.39 is 6.03 Å². The van der Waals surface area contributed by atoms with Crippen molar-refractivity contribution in [3.05, 3.63) is 58.9 Å². The summed E-state index contributed by atoms with van der Waals surface area (Å²) in [7, 11) is 3.25. The van der Waals surface area contributed by atoms with Gasteiger partial charge in [-0.1, -0.05) is 12.1 Å². The fraction of sp³-hybridized carbons (Fsp3) is 0.381. The highest BCUT2D eigenvalue weighted by Crippen LogP contribution is 2.39. The molecule has 0 saturated carbocycles. The lowest BCUT2D eigenvalue weighted by atomic mass is 9.88. The first-order chi connectivity index (χ1) is 13.5. The van der Waals surface area contributed by atoms with Crippen LogP contribution in [0.4, 0.5) is 9.18 Å². The first-order valence-electron chi connectivity index (χ1n) is 9.28. The monoisotopic (exact) mass is 387 g/mol. The molecule has 1 atom stereocenters. The number of amides is 2. The van der Waals surface area contributed by atoms with Gasteiger partial charge in [0.2, 0.25) is 0 Å². The van der Waals surface area contributed by atoms with Gasteiger partial charge in [0.15, 0.2) is 11.5 Å². The molecule has 7 heteroatoms. The number of nitrogens with one attached hydrogen (secondary N) is 1. The maximum absolute atomic E-state index is 13.3. The Morgan fingerprint density at radius 3 is 2.54 bits per heavy atom. The molecule has 0 aromatic heterocycles. The van der Waals surface area contributed by atoms with Crippen LogP contribution in [0.2, 0.25) is 0 Å². The molecule has 0 saturated heterocycles. The highest BCUT2D eigenvalue weighted by Gasteiger charge is 2.29. The minimum Gasteiger partial charge on any atom is -0.493 e. The zero-order valence-corrected chi connectivity index (χ0v) is 16.2. The third kappa shape index (κ3) is 4.54. The van der Waals surface area contributed by atoms with E-state index in [-0.39, 0.29) is 11.9 Å². The highest BCUT2D eigenvalue weighted by atomic mass is 19.1. The molecule has 6 nitrogen and oxygen atoms in total. The van der Waals surface area contributed by atoms with Crippen molar-refractivity contribution >= 4 is 6.03 Å². The molecule has 28 heavy (non-hydrogen) atoms. The number of benzene rings is 2. The predicted octanol–water partition coefficient (Wildman–Crippen LogP) is 2.65. The Hall–Kier alpha value is -2.80. The summed E-state index contributed by atoms with van der Waals surface area (Å²) in [6.07, 6.45) is 1.59. The van der Waals surface area contributed by atoms with Crippen molar-refractivity contribution < 1.29 is 18.7 Å². The number of primary amides is 1. The number of fused-ring (bicyclic) bond motifs is 1.